The number of hydrogen-bond donors (Lipinski definition) is 0. The summed E-state index contributed by atoms with van der Waals surface area (Å²) in [7, 11) is 189. The minimum absolute atomic E-state index is 0.290. The molecular weight excluding hydrogens is 3110 g/mol. The van der Waals surface area contributed by atoms with Crippen molar-refractivity contribution in [3.8, 4) is 0 Å². The van der Waals surface area contributed by atoms with Gasteiger partial charge in [0.2, 0.25) is 0 Å². The molecule has 56 atom stereocenters. The average molecular weight is 3210 g/mol. The molecule has 0 bridgehead atoms. The summed E-state index contributed by atoms with van der Waals surface area (Å²) in [5.41, 5.74) is 0. The van der Waals surface area contributed by atoms with E-state index >= 15 is 0 Å². The van der Waals surface area contributed by atoms with Gasteiger partial charge in [0.15, 0.2) is 0 Å². The molecule has 0 aliphatic rings. The molecule has 0 fully saturated rings. The summed E-state index contributed by atoms with van der Waals surface area (Å²) in [6, 6.07) is 0. The van der Waals surface area contributed by atoms with E-state index in [0.29, 0.717) is 0 Å². The largest absolute Gasteiger partial charge is 0.109 e. The van der Waals surface area contributed by atoms with Crippen molar-refractivity contribution in [2.75, 3.05) is 6.66 Å². The second-order valence-electron chi connectivity index (χ2n) is 16.3. The minimum atomic E-state index is -0.587. The monoisotopic (exact) mass is 3210 g/mol. The van der Waals surface area contributed by atoms with Crippen LogP contribution in [0.2, 0.25) is 0 Å². The quantitative estimate of drug-likeness (QED) is 0.0533. The minimum Gasteiger partial charge on any atom is -0.109 e. The summed E-state index contributed by atoms with van der Waals surface area (Å²) < 4.78 is 0. The Morgan fingerprint density at radius 3 is 0.297 bits per heavy atom. The summed E-state index contributed by atoms with van der Waals surface area (Å²) in [5, 5.41) is 0. The molecule has 0 amide bonds. The van der Waals surface area contributed by atoms with Gasteiger partial charge in [-0.1, -0.05) is 7.96 Å². The first-order chi connectivity index (χ1) is 46.0. The van der Waals surface area contributed by atoms with Crippen LogP contribution in [0.1, 0.15) is 0 Å². The highest BCUT2D eigenvalue weighted by atomic mass is 33.6. The van der Waals surface area contributed by atoms with Crippen molar-refractivity contribution >= 4 is 797 Å². The van der Waals surface area contributed by atoms with Crippen LogP contribution in [-0.2, 0) is 0 Å². The Morgan fingerprint density at radius 1 is 0.119 bits per heavy atom. The van der Waals surface area contributed by atoms with Gasteiger partial charge < -0.3 is 0 Å². The van der Waals surface area contributed by atoms with E-state index in [2.05, 4.69) is 453 Å². The molecule has 0 N–H and O–H groups in total. The maximum Gasteiger partial charge on any atom is -0.000350 e. The molecule has 0 aliphatic heterocycles. The van der Waals surface area contributed by atoms with Gasteiger partial charge in [-0.15, -0.1) is 446 Å². The highest BCUT2D eigenvalue weighted by Crippen LogP contribution is 3.53. The highest BCUT2D eigenvalue weighted by molar-refractivity contribution is 9.58. The Morgan fingerprint density at radius 2 is 0.198 bits per heavy atom. The molecule has 0 saturated carbocycles. The summed E-state index contributed by atoms with van der Waals surface area (Å²) in [5.74, 6) is 0. The lowest BCUT2D eigenvalue weighted by molar-refractivity contribution is 2.50. The van der Waals surface area contributed by atoms with Gasteiger partial charge in [-0.25, -0.2) is 0 Å². The van der Waals surface area contributed by atoms with Gasteiger partial charge >= 0.3 is 0 Å². The Labute approximate surface area is 790 Å². The molecule has 608 valence electrons. The zero-order chi connectivity index (χ0) is 80.0. The van der Waals surface area contributed by atoms with Crippen LogP contribution in [0.15, 0.2) is 0 Å². The third kappa shape index (κ3) is 50.6. The van der Waals surface area contributed by atoms with Crippen LogP contribution in [0.5, 0.6) is 0 Å². The van der Waals surface area contributed by atoms with Crippen molar-refractivity contribution in [1.29, 1.82) is 0 Å². The van der Waals surface area contributed by atoms with Gasteiger partial charge in [0, 0.05) is 0 Å². The van der Waals surface area contributed by atoms with Gasteiger partial charge in [-0.05, 0) is 349 Å². The molecule has 0 saturated heterocycles. The Bertz CT molecular complexity index is 1720. The molecule has 0 aromatic carbocycles. The van der Waals surface area contributed by atoms with Crippen LogP contribution in [-0.4, -0.2) is 6.66 Å². The van der Waals surface area contributed by atoms with Crippen LogP contribution in [0.4, 0.5) is 0 Å². The van der Waals surface area contributed by atoms with Crippen LogP contribution in [0, 0.1) is 0 Å². The number of hydrogen-bond acceptors (Lipinski definition) is 0. The van der Waals surface area contributed by atoms with E-state index in [1.807, 2.05) is 0 Å². The van der Waals surface area contributed by atoms with Crippen molar-refractivity contribution in [3.05, 3.63) is 0 Å². The standard InChI is InChI=1S/CH104P100/c1-53(79(94(82(56(7)8)57(9)10)83(58(11)12)59(13)14)95(84(60(15)16)61(17)18)93(78(51)52-2)81(54(3)4)55(5)6)80(96(98(85(62(19)20)63(21)22)86(64(23)24)65(25)26)99(87(66(27)28)67(29)30)88(68(31)32)69(33)34)97(100(89(70(35)36)71(37)38)90(72(39)40)73(41)42)101(91(74(43)44)75(45)46)92(76(47)48)77(49)50/h52H,2-51H2,1H3. The normalized spacial score (nSPS) is 16.2. The topological polar surface area (TPSA) is 0 Å². The fourth-order valence-electron chi connectivity index (χ4n) is 6.34. The lowest BCUT2D eigenvalue weighted by Gasteiger charge is -2.63. The van der Waals surface area contributed by atoms with Gasteiger partial charge in [-0.3, -0.25) is 0 Å². The highest BCUT2D eigenvalue weighted by Gasteiger charge is 2.66. The first kappa shape index (κ1) is 144. The van der Waals surface area contributed by atoms with E-state index in [1.165, 1.54) is 0 Å². The number of rotatable bonds is 49. The SMILES string of the molecule is CP(P(P(P(P(P)P)P(P)P)P(P(P)P)P(P)P)P(P(P(P)P)P(P)P)P(P(P)PP)P(P(P)P)P(P)P)P(P(P(P(P(P)P)P(P)P)P(P(P)P)P(P)P)P(P(P(P)P)P(P)P)P(P(P)P)P(P)P)P(P(P(P(P)P)P(P)P)P(P(P)P)P(P)P)P(P(P(P)P)P(P)P)P(P(P)P)P(P)P. The zero-order valence-electron chi connectivity index (χ0n) is 52.3. The Balaban J connectivity index is 14.1. The molecule has 0 aromatic heterocycles. The van der Waals surface area contributed by atoms with E-state index in [0.717, 1.165) is 7.96 Å². The van der Waals surface area contributed by atoms with Gasteiger partial charge in [0.1, 0.15) is 0 Å². The third-order valence-electron chi connectivity index (χ3n) is 9.16. The predicted molar refractivity (Wildman–Crippen MR) is 839 cm³/mol. The third-order valence-corrected chi connectivity index (χ3v) is 723. The Hall–Kier alpha value is 43.0. The molecular formula is CH104P100. The van der Waals surface area contributed by atoms with Crippen molar-refractivity contribution in [2.24, 2.45) is 0 Å². The van der Waals surface area contributed by atoms with Crippen molar-refractivity contribution < 1.29 is 0 Å². The van der Waals surface area contributed by atoms with Crippen molar-refractivity contribution in [1.82, 2.24) is 0 Å². The first-order valence-electron chi connectivity index (χ1n) is 23.2. The predicted octanol–water partition coefficient (Wildman–Crippen LogP) is 59.2. The molecule has 0 rings (SSSR count). The maximum atomic E-state index is 3.92. The summed E-state index contributed by atoms with van der Waals surface area (Å²) in [4.78, 5) is 0. The van der Waals surface area contributed by atoms with Gasteiger partial charge in [-0.2, -0.15) is 0 Å². The summed E-state index contributed by atoms with van der Waals surface area (Å²) >= 11 is 0. The van der Waals surface area contributed by atoms with E-state index < -0.39 is 231 Å². The van der Waals surface area contributed by atoms with Crippen LogP contribution in [0.25, 0.3) is 0 Å². The molecule has 0 spiro atoms. The van der Waals surface area contributed by atoms with Crippen LogP contribution >= 0.6 is 797 Å². The molecule has 0 aromatic rings. The van der Waals surface area contributed by atoms with Gasteiger partial charge in [0.25, 0.3) is 0 Å². The molecule has 0 heterocycles. The fraction of sp³-hybridized carbons (Fsp3) is 1.00. The fourth-order valence-corrected chi connectivity index (χ4v) is 1490. The van der Waals surface area contributed by atoms with E-state index in [1.54, 1.807) is 0 Å². The molecule has 100 heteroatoms. The Kier molecular flexibility index (Phi) is 113. The van der Waals surface area contributed by atoms with E-state index in [4.69, 9.17) is 0 Å². The smallest absolute Gasteiger partial charge is 0.000350 e. The molecule has 0 aliphatic carbocycles. The maximum absolute atomic E-state index is 3.92. The first-order valence-corrected chi connectivity index (χ1v) is 206. The molecule has 101 heavy (non-hydrogen) atoms. The average Bonchev–Trinajstić information content (AvgIpc) is 0.717. The van der Waals surface area contributed by atoms with E-state index in [-0.39, 0.29) is 112 Å². The lowest BCUT2D eigenvalue weighted by Crippen LogP contribution is -1.77. The van der Waals surface area contributed by atoms with E-state index in [9.17, 15) is 0 Å². The zero-order valence-corrected chi connectivity index (χ0v) is 155. The van der Waals surface area contributed by atoms with Crippen LogP contribution in [0.3, 0.4) is 0 Å². The summed E-state index contributed by atoms with van der Waals surface area (Å²) in [6.45, 7) is -16.2. The van der Waals surface area contributed by atoms with Gasteiger partial charge in [0.05, 0.1) is 0 Å². The van der Waals surface area contributed by atoms with Crippen molar-refractivity contribution in [2.45, 2.75) is 0 Å². The molecule has 0 radical (unpaired) electrons. The van der Waals surface area contributed by atoms with Crippen LogP contribution < -0.4 is 0 Å². The summed E-state index contributed by atoms with van der Waals surface area (Å²) in [6.07, 6.45) is 0. The molecule has 0 nitrogen and oxygen atoms in total. The second kappa shape index (κ2) is 79.0. The lowest BCUT2D eigenvalue weighted by atomic mass is 12.0. The van der Waals surface area contributed by atoms with Crippen molar-refractivity contribution in [3.63, 3.8) is 0 Å². The second-order valence-corrected chi connectivity index (χ2v) is 432. The molecule has 56 unspecified atom stereocenters.